The van der Waals surface area contributed by atoms with Crippen LogP contribution in [0.3, 0.4) is 0 Å². The Balaban J connectivity index is 1.67. The molecule has 25 heavy (non-hydrogen) atoms. The molecule has 6 nitrogen and oxygen atoms in total. The topological polar surface area (TPSA) is 58.4 Å². The van der Waals surface area contributed by atoms with Gasteiger partial charge in [-0.05, 0) is 18.1 Å². The molecule has 0 aliphatic carbocycles. The molecule has 1 aliphatic heterocycles. The van der Waals surface area contributed by atoms with Gasteiger partial charge in [0, 0.05) is 39.2 Å². The lowest BCUT2D eigenvalue weighted by Crippen LogP contribution is -2.36. The molecule has 1 aromatic carbocycles. The Hall–Kier alpha value is -2.70. The number of carbonyl (C=O) groups excluding carboxylic acids is 1. The summed E-state index contributed by atoms with van der Waals surface area (Å²) < 4.78 is 15.1. The normalized spacial score (nSPS) is 16.9. The summed E-state index contributed by atoms with van der Waals surface area (Å²) in [5, 5.41) is 4.06. The van der Waals surface area contributed by atoms with Crippen LogP contribution in [0.1, 0.15) is 17.9 Å². The minimum absolute atomic E-state index is 0.00838. The summed E-state index contributed by atoms with van der Waals surface area (Å²) in [6.45, 7) is 0.920. The molecule has 1 saturated heterocycles. The lowest BCUT2D eigenvalue weighted by molar-refractivity contribution is -0.131. The zero-order valence-electron chi connectivity index (χ0n) is 14.4. The third-order valence-electron chi connectivity index (χ3n) is 4.54. The van der Waals surface area contributed by atoms with Gasteiger partial charge < -0.3 is 9.80 Å². The van der Waals surface area contributed by atoms with E-state index in [1.54, 1.807) is 34.2 Å². The maximum absolute atomic E-state index is 13.9. The van der Waals surface area contributed by atoms with Gasteiger partial charge in [0.2, 0.25) is 5.91 Å². The van der Waals surface area contributed by atoms with Gasteiger partial charge in [-0.25, -0.2) is 9.07 Å². The van der Waals surface area contributed by atoms with E-state index in [2.05, 4.69) is 5.10 Å². The molecule has 1 atom stereocenters. The molecule has 2 heterocycles. The Bertz CT molecular complexity index is 834. The molecule has 1 aliphatic rings. The minimum Gasteiger partial charge on any atom is -0.376 e. The Morgan fingerprint density at radius 3 is 2.80 bits per heavy atom. The molecule has 0 N–H and O–H groups in total. The number of amides is 1. The van der Waals surface area contributed by atoms with Crippen molar-refractivity contribution >= 4 is 11.6 Å². The van der Waals surface area contributed by atoms with Crippen molar-refractivity contribution in [2.45, 2.75) is 18.9 Å². The highest BCUT2D eigenvalue weighted by atomic mass is 19.1. The van der Waals surface area contributed by atoms with Crippen LogP contribution < -0.4 is 10.5 Å². The zero-order chi connectivity index (χ0) is 18.0. The number of aromatic nitrogens is 2. The van der Waals surface area contributed by atoms with Gasteiger partial charge in [-0.2, -0.15) is 5.10 Å². The standard InChI is InChI=1S/C18H21FN4O2/c1-21(2)14-9-17(24)23(20-10-14)12-18(25)22-8-7-13(11-22)15-5-3-4-6-16(15)19/h3-6,9-10,13H,7-8,11-12H2,1-2H3/t13-/m0/s1. The first kappa shape index (κ1) is 17.1. The summed E-state index contributed by atoms with van der Waals surface area (Å²) in [4.78, 5) is 28.0. The average molecular weight is 344 g/mol. The number of hydrogen-bond acceptors (Lipinski definition) is 4. The molecule has 0 spiro atoms. The van der Waals surface area contributed by atoms with Gasteiger partial charge in [0.15, 0.2) is 0 Å². The van der Waals surface area contributed by atoms with E-state index in [4.69, 9.17) is 0 Å². The van der Waals surface area contributed by atoms with E-state index in [0.717, 1.165) is 4.68 Å². The van der Waals surface area contributed by atoms with Gasteiger partial charge in [0.1, 0.15) is 12.4 Å². The van der Waals surface area contributed by atoms with E-state index in [9.17, 15) is 14.0 Å². The number of benzene rings is 1. The largest absolute Gasteiger partial charge is 0.376 e. The van der Waals surface area contributed by atoms with Crippen molar-refractivity contribution in [3.8, 4) is 0 Å². The Labute approximate surface area is 145 Å². The van der Waals surface area contributed by atoms with E-state index in [-0.39, 0.29) is 29.7 Å². The fraction of sp³-hybridized carbons (Fsp3) is 0.389. The summed E-state index contributed by atoms with van der Waals surface area (Å²) in [6.07, 6.45) is 2.27. The van der Waals surface area contributed by atoms with Crippen LogP contribution in [0.5, 0.6) is 0 Å². The average Bonchev–Trinajstić information content (AvgIpc) is 3.07. The van der Waals surface area contributed by atoms with Crippen molar-refractivity contribution in [1.29, 1.82) is 0 Å². The molecule has 0 radical (unpaired) electrons. The molecule has 1 fully saturated rings. The molecule has 7 heteroatoms. The molecule has 0 saturated carbocycles. The van der Waals surface area contributed by atoms with E-state index in [0.29, 0.717) is 30.8 Å². The molecule has 3 rings (SSSR count). The SMILES string of the molecule is CN(C)c1cnn(CC(=O)N2CC[C@H](c3ccccc3F)C2)c(=O)c1. The molecular weight excluding hydrogens is 323 g/mol. The molecule has 2 aromatic rings. The van der Waals surface area contributed by atoms with Crippen molar-refractivity contribution in [2.24, 2.45) is 0 Å². The van der Waals surface area contributed by atoms with Crippen LogP contribution in [-0.4, -0.2) is 47.8 Å². The van der Waals surface area contributed by atoms with Crippen molar-refractivity contribution in [3.63, 3.8) is 0 Å². The second-order valence-corrected chi connectivity index (χ2v) is 6.45. The summed E-state index contributed by atoms with van der Waals surface area (Å²) >= 11 is 0. The van der Waals surface area contributed by atoms with Crippen LogP contribution in [0, 0.1) is 5.82 Å². The van der Waals surface area contributed by atoms with Crippen molar-refractivity contribution in [2.75, 3.05) is 32.1 Å². The lowest BCUT2D eigenvalue weighted by Gasteiger charge is -2.18. The van der Waals surface area contributed by atoms with Crippen molar-refractivity contribution in [3.05, 3.63) is 58.3 Å². The van der Waals surface area contributed by atoms with Gasteiger partial charge >= 0.3 is 0 Å². The van der Waals surface area contributed by atoms with Crippen LogP contribution in [0.15, 0.2) is 41.3 Å². The number of hydrogen-bond donors (Lipinski definition) is 0. The first-order valence-corrected chi connectivity index (χ1v) is 8.22. The van der Waals surface area contributed by atoms with Crippen LogP contribution >= 0.6 is 0 Å². The van der Waals surface area contributed by atoms with Crippen LogP contribution in [0.25, 0.3) is 0 Å². The summed E-state index contributed by atoms with van der Waals surface area (Å²) in [5.41, 5.74) is 1.02. The molecular formula is C18H21FN4O2. The highest BCUT2D eigenvalue weighted by Crippen LogP contribution is 2.28. The summed E-state index contributed by atoms with van der Waals surface area (Å²) in [5.74, 6) is -0.420. The molecule has 1 aromatic heterocycles. The highest BCUT2D eigenvalue weighted by Gasteiger charge is 2.29. The number of halogens is 1. The van der Waals surface area contributed by atoms with Gasteiger partial charge in [-0.15, -0.1) is 0 Å². The monoisotopic (exact) mass is 344 g/mol. The van der Waals surface area contributed by atoms with E-state index >= 15 is 0 Å². The number of carbonyl (C=O) groups is 1. The quantitative estimate of drug-likeness (QED) is 0.843. The highest BCUT2D eigenvalue weighted by molar-refractivity contribution is 5.76. The second kappa shape index (κ2) is 7.04. The van der Waals surface area contributed by atoms with Crippen LogP contribution in [0.4, 0.5) is 10.1 Å². The van der Waals surface area contributed by atoms with Crippen LogP contribution in [0.2, 0.25) is 0 Å². The third kappa shape index (κ3) is 3.70. The van der Waals surface area contributed by atoms with E-state index < -0.39 is 0 Å². The predicted molar refractivity (Wildman–Crippen MR) is 93.2 cm³/mol. The number of nitrogens with zero attached hydrogens (tertiary/aromatic N) is 4. The molecule has 0 unspecified atom stereocenters. The maximum Gasteiger partial charge on any atom is 0.269 e. The first-order valence-electron chi connectivity index (χ1n) is 8.22. The van der Waals surface area contributed by atoms with Crippen molar-refractivity contribution in [1.82, 2.24) is 14.7 Å². The van der Waals surface area contributed by atoms with E-state index in [1.165, 1.54) is 12.1 Å². The van der Waals surface area contributed by atoms with Gasteiger partial charge in [0.05, 0.1) is 11.9 Å². The van der Waals surface area contributed by atoms with Gasteiger partial charge in [-0.3, -0.25) is 9.59 Å². The third-order valence-corrected chi connectivity index (χ3v) is 4.54. The summed E-state index contributed by atoms with van der Waals surface area (Å²) in [7, 11) is 3.64. The fourth-order valence-corrected chi connectivity index (χ4v) is 3.06. The minimum atomic E-state index is -0.315. The smallest absolute Gasteiger partial charge is 0.269 e. The van der Waals surface area contributed by atoms with Gasteiger partial charge in [0.25, 0.3) is 5.56 Å². The first-order chi connectivity index (χ1) is 12.0. The lowest BCUT2D eigenvalue weighted by atomic mass is 9.98. The maximum atomic E-state index is 13.9. The fourth-order valence-electron chi connectivity index (χ4n) is 3.06. The van der Waals surface area contributed by atoms with Gasteiger partial charge in [-0.1, -0.05) is 18.2 Å². The molecule has 132 valence electrons. The number of likely N-dealkylation sites (tertiary alicyclic amines) is 1. The number of anilines is 1. The number of rotatable bonds is 4. The molecule has 1 amide bonds. The van der Waals surface area contributed by atoms with E-state index in [1.807, 2.05) is 14.1 Å². The molecule has 0 bridgehead atoms. The Morgan fingerprint density at radius 2 is 2.12 bits per heavy atom. The van der Waals surface area contributed by atoms with Crippen LogP contribution in [-0.2, 0) is 11.3 Å². The van der Waals surface area contributed by atoms with Crippen molar-refractivity contribution < 1.29 is 9.18 Å². The Morgan fingerprint density at radius 1 is 1.36 bits per heavy atom. The predicted octanol–water partition coefficient (Wildman–Crippen LogP) is 1.46. The second-order valence-electron chi connectivity index (χ2n) is 6.45. The summed E-state index contributed by atoms with van der Waals surface area (Å²) in [6, 6.07) is 8.12. The Kier molecular flexibility index (Phi) is 4.83. The zero-order valence-corrected chi connectivity index (χ0v) is 14.4.